The summed E-state index contributed by atoms with van der Waals surface area (Å²) in [4.78, 5) is 17.6. The van der Waals surface area contributed by atoms with E-state index in [0.717, 1.165) is 50.5 Å². The molecule has 1 amide bonds. The van der Waals surface area contributed by atoms with E-state index in [1.165, 1.54) is 44.1 Å². The molecule has 1 aromatic rings. The zero-order valence-corrected chi connectivity index (χ0v) is 17.6. The number of hydrogen-bond donors (Lipinski definition) is 1. The van der Waals surface area contributed by atoms with Gasteiger partial charge in [0, 0.05) is 38.3 Å². The van der Waals surface area contributed by atoms with Gasteiger partial charge in [-0.3, -0.25) is 14.6 Å². The van der Waals surface area contributed by atoms with E-state index in [1.54, 1.807) is 0 Å². The van der Waals surface area contributed by atoms with Crippen molar-refractivity contribution in [1.82, 2.24) is 15.1 Å². The first-order chi connectivity index (χ1) is 14.2. The van der Waals surface area contributed by atoms with E-state index in [-0.39, 0.29) is 11.4 Å². The average Bonchev–Trinajstić information content (AvgIpc) is 2.68. The molecule has 0 radical (unpaired) electrons. The molecule has 4 heteroatoms. The van der Waals surface area contributed by atoms with Crippen molar-refractivity contribution < 1.29 is 4.79 Å². The Morgan fingerprint density at radius 3 is 2.14 bits per heavy atom. The Morgan fingerprint density at radius 1 is 0.931 bits per heavy atom. The van der Waals surface area contributed by atoms with Crippen molar-refractivity contribution in [1.29, 1.82) is 0 Å². The van der Waals surface area contributed by atoms with Crippen LogP contribution in [0.3, 0.4) is 0 Å². The number of hydrogen-bond acceptors (Lipinski definition) is 3. The molecule has 1 heterocycles. The van der Waals surface area contributed by atoms with Crippen LogP contribution in [0.4, 0.5) is 0 Å². The minimum absolute atomic E-state index is 0.149. The summed E-state index contributed by atoms with van der Waals surface area (Å²) in [6.45, 7) is 5.64. The first kappa shape index (κ1) is 19.3. The fourth-order valence-corrected chi connectivity index (χ4v) is 6.83. The van der Waals surface area contributed by atoms with Crippen LogP contribution in [-0.2, 0) is 4.79 Å². The Bertz CT molecular complexity index is 700. The standard InChI is InChI=1S/C25H35N3O/c29-24(26-25-16-21-13-22(17-25)15-23(14-21)18-25)19-28-11-9-27(10-12-28)8-4-7-20-5-2-1-3-6-20/h1-7,21-23H,8-19H2,(H,26,29)/b7-4+. The first-order valence-corrected chi connectivity index (χ1v) is 11.6. The zero-order valence-electron chi connectivity index (χ0n) is 17.6. The van der Waals surface area contributed by atoms with Gasteiger partial charge < -0.3 is 5.32 Å². The van der Waals surface area contributed by atoms with Crippen molar-refractivity contribution in [2.45, 2.75) is 44.1 Å². The highest BCUT2D eigenvalue weighted by molar-refractivity contribution is 5.79. The molecule has 5 aliphatic rings. The summed E-state index contributed by atoms with van der Waals surface area (Å²) in [7, 11) is 0. The van der Waals surface area contributed by atoms with Gasteiger partial charge in [-0.1, -0.05) is 42.5 Å². The SMILES string of the molecule is O=C(CN1CCN(C/C=C/c2ccccc2)CC1)NC12CC3CC(CC(C3)C1)C2. The Balaban J connectivity index is 1.05. The lowest BCUT2D eigenvalue weighted by Gasteiger charge is -2.57. The fraction of sp³-hybridized carbons (Fsp3) is 0.640. The summed E-state index contributed by atoms with van der Waals surface area (Å²) < 4.78 is 0. The molecule has 0 aromatic heterocycles. The molecule has 0 atom stereocenters. The third-order valence-corrected chi connectivity index (χ3v) is 7.75. The maximum atomic E-state index is 12.8. The monoisotopic (exact) mass is 393 g/mol. The van der Waals surface area contributed by atoms with Crippen LogP contribution >= 0.6 is 0 Å². The van der Waals surface area contributed by atoms with Gasteiger partial charge in [-0.25, -0.2) is 0 Å². The molecule has 29 heavy (non-hydrogen) atoms. The molecule has 156 valence electrons. The van der Waals surface area contributed by atoms with Gasteiger partial charge in [0.15, 0.2) is 0 Å². The predicted octanol–water partition coefficient (Wildman–Crippen LogP) is 3.40. The molecule has 4 aliphatic carbocycles. The molecule has 4 bridgehead atoms. The van der Waals surface area contributed by atoms with Crippen molar-refractivity contribution in [3.8, 4) is 0 Å². The minimum Gasteiger partial charge on any atom is -0.350 e. The highest BCUT2D eigenvalue weighted by atomic mass is 16.2. The smallest absolute Gasteiger partial charge is 0.234 e. The van der Waals surface area contributed by atoms with Gasteiger partial charge in [0.25, 0.3) is 0 Å². The maximum Gasteiger partial charge on any atom is 0.234 e. The number of nitrogens with one attached hydrogen (secondary N) is 1. The molecule has 1 saturated heterocycles. The van der Waals surface area contributed by atoms with Crippen molar-refractivity contribution in [3.05, 3.63) is 42.0 Å². The zero-order chi connectivity index (χ0) is 19.7. The molecular weight excluding hydrogens is 358 g/mol. The number of amides is 1. The second kappa shape index (κ2) is 8.23. The van der Waals surface area contributed by atoms with Crippen LogP contribution in [0.25, 0.3) is 6.08 Å². The van der Waals surface area contributed by atoms with Gasteiger partial charge in [-0.15, -0.1) is 0 Å². The number of nitrogens with zero attached hydrogens (tertiary/aromatic N) is 2. The van der Waals surface area contributed by atoms with Gasteiger partial charge in [0.1, 0.15) is 0 Å². The van der Waals surface area contributed by atoms with Gasteiger partial charge in [0.05, 0.1) is 6.54 Å². The van der Waals surface area contributed by atoms with E-state index in [1.807, 2.05) is 0 Å². The summed E-state index contributed by atoms with van der Waals surface area (Å²) in [6, 6.07) is 10.5. The maximum absolute atomic E-state index is 12.8. The van der Waals surface area contributed by atoms with Crippen LogP contribution in [0.15, 0.2) is 36.4 Å². The van der Waals surface area contributed by atoms with Crippen molar-refractivity contribution in [2.75, 3.05) is 39.3 Å². The number of carbonyl (C=O) groups is 1. The summed E-state index contributed by atoms with van der Waals surface area (Å²) in [6.07, 6.45) is 12.5. The third-order valence-electron chi connectivity index (χ3n) is 7.75. The lowest BCUT2D eigenvalue weighted by molar-refractivity contribution is -0.128. The lowest BCUT2D eigenvalue weighted by Crippen LogP contribution is -2.61. The van der Waals surface area contributed by atoms with Crippen molar-refractivity contribution in [2.24, 2.45) is 17.8 Å². The molecule has 4 saturated carbocycles. The highest BCUT2D eigenvalue weighted by Gasteiger charge is 2.51. The van der Waals surface area contributed by atoms with E-state index in [2.05, 4.69) is 57.6 Å². The average molecular weight is 394 g/mol. The number of benzene rings is 1. The summed E-state index contributed by atoms with van der Waals surface area (Å²) in [5, 5.41) is 3.53. The Morgan fingerprint density at radius 2 is 1.52 bits per heavy atom. The normalized spacial score (nSPS) is 34.7. The van der Waals surface area contributed by atoms with Gasteiger partial charge >= 0.3 is 0 Å². The minimum atomic E-state index is 0.149. The number of piperazine rings is 1. The van der Waals surface area contributed by atoms with Gasteiger partial charge in [0.2, 0.25) is 5.91 Å². The van der Waals surface area contributed by atoms with Crippen LogP contribution in [0.1, 0.15) is 44.1 Å². The summed E-state index contributed by atoms with van der Waals surface area (Å²) in [5.41, 5.74) is 1.41. The largest absolute Gasteiger partial charge is 0.350 e. The lowest BCUT2D eigenvalue weighted by atomic mass is 9.53. The molecule has 1 aromatic carbocycles. The third kappa shape index (κ3) is 4.59. The second-order valence-electron chi connectivity index (χ2n) is 10.1. The quantitative estimate of drug-likeness (QED) is 0.805. The first-order valence-electron chi connectivity index (χ1n) is 11.6. The fourth-order valence-electron chi connectivity index (χ4n) is 6.83. The molecule has 0 unspecified atom stereocenters. The summed E-state index contributed by atoms with van der Waals surface area (Å²) >= 11 is 0. The van der Waals surface area contributed by atoms with Gasteiger partial charge in [-0.2, -0.15) is 0 Å². The molecule has 5 fully saturated rings. The number of carbonyl (C=O) groups excluding carboxylic acids is 1. The Hall–Kier alpha value is -1.65. The highest BCUT2D eigenvalue weighted by Crippen LogP contribution is 2.55. The van der Waals surface area contributed by atoms with Crippen LogP contribution in [-0.4, -0.2) is 60.5 Å². The molecule has 4 nitrogen and oxygen atoms in total. The molecule has 1 aliphatic heterocycles. The van der Waals surface area contributed by atoms with E-state index in [9.17, 15) is 4.79 Å². The van der Waals surface area contributed by atoms with Crippen LogP contribution in [0, 0.1) is 17.8 Å². The molecule has 1 N–H and O–H groups in total. The van der Waals surface area contributed by atoms with Crippen LogP contribution in [0.2, 0.25) is 0 Å². The second-order valence-corrected chi connectivity index (χ2v) is 10.1. The predicted molar refractivity (Wildman–Crippen MR) is 117 cm³/mol. The Labute approximate surface area is 175 Å². The van der Waals surface area contributed by atoms with Crippen molar-refractivity contribution in [3.63, 3.8) is 0 Å². The summed E-state index contributed by atoms with van der Waals surface area (Å²) in [5.74, 6) is 2.92. The van der Waals surface area contributed by atoms with E-state index in [0.29, 0.717) is 6.54 Å². The molecule has 6 rings (SSSR count). The van der Waals surface area contributed by atoms with Crippen LogP contribution in [0.5, 0.6) is 0 Å². The topological polar surface area (TPSA) is 35.6 Å². The Kier molecular flexibility index (Phi) is 5.49. The van der Waals surface area contributed by atoms with Crippen molar-refractivity contribution >= 4 is 12.0 Å². The van der Waals surface area contributed by atoms with E-state index < -0.39 is 0 Å². The van der Waals surface area contributed by atoms with E-state index in [4.69, 9.17) is 0 Å². The van der Waals surface area contributed by atoms with Crippen LogP contribution < -0.4 is 5.32 Å². The van der Waals surface area contributed by atoms with Gasteiger partial charge in [-0.05, 0) is 61.8 Å². The van der Waals surface area contributed by atoms with E-state index >= 15 is 0 Å². The molecule has 0 spiro atoms. The molecular formula is C25H35N3O. The number of rotatable bonds is 6.